The van der Waals surface area contributed by atoms with Crippen molar-refractivity contribution in [3.05, 3.63) is 40.9 Å². The summed E-state index contributed by atoms with van der Waals surface area (Å²) in [6.07, 6.45) is 7.83. The molecule has 1 N–H and O–H groups in total. The topological polar surface area (TPSA) is 99.5 Å². The second-order valence-corrected chi connectivity index (χ2v) is 7.10. The van der Waals surface area contributed by atoms with Gasteiger partial charge in [-0.2, -0.15) is 15.5 Å². The van der Waals surface area contributed by atoms with Crippen LogP contribution in [0.3, 0.4) is 0 Å². The predicted octanol–water partition coefficient (Wildman–Crippen LogP) is 3.15. The second-order valence-electron chi connectivity index (χ2n) is 6.25. The molecule has 1 aliphatic rings. The van der Waals surface area contributed by atoms with Crippen molar-refractivity contribution in [2.24, 2.45) is 0 Å². The molecule has 0 radical (unpaired) electrons. The molecule has 1 fully saturated rings. The van der Waals surface area contributed by atoms with Crippen LogP contribution in [-0.4, -0.2) is 48.6 Å². The van der Waals surface area contributed by atoms with Gasteiger partial charge in [0, 0.05) is 41.1 Å². The molecule has 0 aliphatic carbocycles. The van der Waals surface area contributed by atoms with E-state index in [1.54, 1.807) is 16.9 Å². The number of hydrogen-bond acceptors (Lipinski definition) is 4. The van der Waals surface area contributed by atoms with E-state index in [2.05, 4.69) is 32.2 Å². The Hall–Kier alpha value is -2.86. The highest BCUT2D eigenvalue weighted by Crippen LogP contribution is 2.29. The Labute approximate surface area is 157 Å². The quantitative estimate of drug-likeness (QED) is 0.693. The Morgan fingerprint density at radius 3 is 2.69 bits per heavy atom. The lowest BCUT2D eigenvalue weighted by Gasteiger charge is -2.30. The molecule has 3 aromatic rings. The van der Waals surface area contributed by atoms with Crippen molar-refractivity contribution in [1.82, 2.24) is 24.3 Å². The summed E-state index contributed by atoms with van der Waals surface area (Å²) in [4.78, 5) is 12.5. The van der Waals surface area contributed by atoms with E-state index in [1.165, 1.54) is 4.90 Å². The van der Waals surface area contributed by atoms with Crippen LogP contribution in [-0.2, 0) is 0 Å². The number of aromatic nitrogens is 4. The minimum absolute atomic E-state index is 0.196. The van der Waals surface area contributed by atoms with E-state index in [4.69, 9.17) is 10.4 Å². The molecule has 0 aromatic carbocycles. The first-order chi connectivity index (χ1) is 12.6. The molecular weight excluding hydrogens is 400 g/mol. The first-order valence-electron chi connectivity index (χ1n) is 8.16. The average Bonchev–Trinajstić information content (AvgIpc) is 3.29. The number of carbonyl (C=O) groups is 1. The molecule has 0 unspecified atom stereocenters. The summed E-state index contributed by atoms with van der Waals surface area (Å²) in [6.45, 7) is 1.05. The SMILES string of the molecule is N#Cc1cnn2cc(-c3cnn(C4CCN(C(=O)O)CC4)c3)cc(Br)c12. The zero-order chi connectivity index (χ0) is 18.3. The zero-order valence-electron chi connectivity index (χ0n) is 13.7. The van der Waals surface area contributed by atoms with Crippen LogP contribution in [0.5, 0.6) is 0 Å². The first-order valence-corrected chi connectivity index (χ1v) is 8.95. The van der Waals surface area contributed by atoms with Gasteiger partial charge in [-0.15, -0.1) is 0 Å². The number of amides is 1. The zero-order valence-corrected chi connectivity index (χ0v) is 15.3. The number of nitriles is 1. The maximum Gasteiger partial charge on any atom is 0.407 e. The number of carboxylic acid groups (broad SMARTS) is 1. The van der Waals surface area contributed by atoms with E-state index in [9.17, 15) is 4.79 Å². The molecule has 4 rings (SSSR count). The van der Waals surface area contributed by atoms with Crippen molar-refractivity contribution in [1.29, 1.82) is 5.26 Å². The van der Waals surface area contributed by atoms with Crippen LogP contribution in [0.25, 0.3) is 16.6 Å². The van der Waals surface area contributed by atoms with Crippen LogP contribution in [0.1, 0.15) is 24.4 Å². The molecule has 1 aliphatic heterocycles. The summed E-state index contributed by atoms with van der Waals surface area (Å²) in [5, 5.41) is 26.9. The fraction of sp³-hybridized carbons (Fsp3) is 0.294. The van der Waals surface area contributed by atoms with E-state index in [1.807, 2.05) is 23.1 Å². The summed E-state index contributed by atoms with van der Waals surface area (Å²) in [5.41, 5.74) is 3.14. The van der Waals surface area contributed by atoms with Gasteiger partial charge in [-0.05, 0) is 34.8 Å². The van der Waals surface area contributed by atoms with Gasteiger partial charge in [-0.25, -0.2) is 9.31 Å². The van der Waals surface area contributed by atoms with Crippen molar-refractivity contribution in [2.45, 2.75) is 18.9 Å². The molecule has 4 heterocycles. The van der Waals surface area contributed by atoms with E-state index in [0.717, 1.165) is 34.0 Å². The third-order valence-electron chi connectivity index (χ3n) is 4.73. The van der Waals surface area contributed by atoms with Crippen molar-refractivity contribution in [3.63, 3.8) is 0 Å². The lowest BCUT2D eigenvalue weighted by atomic mass is 10.1. The monoisotopic (exact) mass is 414 g/mol. The molecule has 1 amide bonds. The molecule has 0 atom stereocenters. The summed E-state index contributed by atoms with van der Waals surface area (Å²) in [5.74, 6) is 0. The molecular formula is C17H15BrN6O2. The number of piperidine rings is 1. The maximum absolute atomic E-state index is 11.0. The summed E-state index contributed by atoms with van der Waals surface area (Å²) in [7, 11) is 0. The molecule has 1 saturated heterocycles. The van der Waals surface area contributed by atoms with Crippen LogP contribution >= 0.6 is 15.9 Å². The molecule has 8 nitrogen and oxygen atoms in total. The van der Waals surface area contributed by atoms with Crippen molar-refractivity contribution >= 4 is 27.5 Å². The van der Waals surface area contributed by atoms with Gasteiger partial charge < -0.3 is 10.0 Å². The molecule has 0 spiro atoms. The predicted molar refractivity (Wildman–Crippen MR) is 96.7 cm³/mol. The Bertz CT molecular complexity index is 1030. The normalized spacial score (nSPS) is 15.3. The second kappa shape index (κ2) is 6.46. The average molecular weight is 415 g/mol. The third kappa shape index (κ3) is 2.82. The van der Waals surface area contributed by atoms with E-state index >= 15 is 0 Å². The largest absolute Gasteiger partial charge is 0.465 e. The van der Waals surface area contributed by atoms with Gasteiger partial charge in [-0.1, -0.05) is 0 Å². The van der Waals surface area contributed by atoms with Gasteiger partial charge in [-0.3, -0.25) is 4.68 Å². The highest BCUT2D eigenvalue weighted by Gasteiger charge is 2.24. The molecule has 9 heteroatoms. The minimum atomic E-state index is -0.862. The van der Waals surface area contributed by atoms with Crippen LogP contribution in [0.4, 0.5) is 4.79 Å². The lowest BCUT2D eigenvalue weighted by molar-refractivity contribution is 0.124. The van der Waals surface area contributed by atoms with Gasteiger partial charge >= 0.3 is 6.09 Å². The summed E-state index contributed by atoms with van der Waals surface area (Å²) in [6, 6.07) is 4.28. The number of rotatable bonds is 2. The highest BCUT2D eigenvalue weighted by atomic mass is 79.9. The highest BCUT2D eigenvalue weighted by molar-refractivity contribution is 9.10. The number of nitrogens with zero attached hydrogens (tertiary/aromatic N) is 6. The van der Waals surface area contributed by atoms with E-state index in [-0.39, 0.29) is 6.04 Å². The number of fused-ring (bicyclic) bond motifs is 1. The Morgan fingerprint density at radius 2 is 2.00 bits per heavy atom. The Morgan fingerprint density at radius 1 is 1.23 bits per heavy atom. The standard InChI is InChI=1S/C17H15BrN6O2/c18-15-5-11(9-24-16(15)12(6-19)7-21-24)13-8-20-23(10-13)14-1-3-22(4-2-14)17(25)26/h5,7-10,14H,1-4H2,(H,25,26). The van der Waals surface area contributed by atoms with Crippen LogP contribution in [0, 0.1) is 11.3 Å². The lowest BCUT2D eigenvalue weighted by Crippen LogP contribution is -2.38. The van der Waals surface area contributed by atoms with Crippen LogP contribution in [0.2, 0.25) is 0 Å². The number of hydrogen-bond donors (Lipinski definition) is 1. The van der Waals surface area contributed by atoms with Crippen molar-refractivity contribution < 1.29 is 9.90 Å². The number of likely N-dealkylation sites (tertiary alicyclic amines) is 1. The van der Waals surface area contributed by atoms with E-state index in [0.29, 0.717) is 18.7 Å². The number of pyridine rings is 1. The van der Waals surface area contributed by atoms with Crippen molar-refractivity contribution in [2.75, 3.05) is 13.1 Å². The fourth-order valence-corrected chi connectivity index (χ4v) is 3.96. The van der Waals surface area contributed by atoms with Gasteiger partial charge in [0.2, 0.25) is 0 Å². The van der Waals surface area contributed by atoms with E-state index < -0.39 is 6.09 Å². The maximum atomic E-state index is 11.0. The molecule has 132 valence electrons. The van der Waals surface area contributed by atoms with Crippen LogP contribution < -0.4 is 0 Å². The molecule has 3 aromatic heterocycles. The Balaban J connectivity index is 1.60. The third-order valence-corrected chi connectivity index (χ3v) is 5.33. The minimum Gasteiger partial charge on any atom is -0.465 e. The summed E-state index contributed by atoms with van der Waals surface area (Å²) >= 11 is 3.52. The molecule has 0 bridgehead atoms. The van der Waals surface area contributed by atoms with Gasteiger partial charge in [0.1, 0.15) is 6.07 Å². The summed E-state index contributed by atoms with van der Waals surface area (Å²) < 4.78 is 4.39. The van der Waals surface area contributed by atoms with Gasteiger partial charge in [0.05, 0.1) is 29.5 Å². The van der Waals surface area contributed by atoms with Crippen molar-refractivity contribution in [3.8, 4) is 17.2 Å². The first kappa shape index (κ1) is 16.6. The Kier molecular flexibility index (Phi) is 4.12. The molecule has 0 saturated carbocycles. The van der Waals surface area contributed by atoms with Crippen LogP contribution in [0.15, 0.2) is 35.3 Å². The smallest absolute Gasteiger partial charge is 0.407 e. The number of halogens is 1. The fourth-order valence-electron chi connectivity index (χ4n) is 3.32. The molecule has 26 heavy (non-hydrogen) atoms. The van der Waals surface area contributed by atoms with Gasteiger partial charge in [0.15, 0.2) is 0 Å². The van der Waals surface area contributed by atoms with Gasteiger partial charge in [0.25, 0.3) is 0 Å².